The largest absolute Gasteiger partial charge is 0.490 e. The third kappa shape index (κ3) is 4.07. The highest BCUT2D eigenvalue weighted by molar-refractivity contribution is 6.15. The maximum atomic E-state index is 11.2. The second kappa shape index (κ2) is 8.90. The third-order valence-corrected chi connectivity index (χ3v) is 5.78. The summed E-state index contributed by atoms with van der Waals surface area (Å²) in [5.74, 6) is 2.22. The SMILES string of the molecule is CCOc1cc2c(cc1OCC)[C@H]1CCCC[C@H]1N=C2c1ccc(OC(C)=O)cc1. The van der Waals surface area contributed by atoms with E-state index in [4.69, 9.17) is 19.2 Å². The molecule has 1 heterocycles. The Labute approximate surface area is 178 Å². The molecule has 0 amide bonds. The van der Waals surface area contributed by atoms with E-state index in [2.05, 4.69) is 12.1 Å². The van der Waals surface area contributed by atoms with Gasteiger partial charge in [-0.3, -0.25) is 9.79 Å². The standard InChI is InChI=1S/C25H29NO4/c1-4-28-23-14-20-19-8-6-7-9-22(19)26-25(21(20)15-24(23)29-5-2)17-10-12-18(13-11-17)30-16(3)27/h10-15,19,22H,4-9H2,1-3H3/t19-,22-/m1/s1. The van der Waals surface area contributed by atoms with Crippen LogP contribution in [0.25, 0.3) is 0 Å². The first kappa shape index (κ1) is 20.5. The number of esters is 1. The van der Waals surface area contributed by atoms with Gasteiger partial charge >= 0.3 is 5.97 Å². The van der Waals surface area contributed by atoms with Crippen LogP contribution in [0.3, 0.4) is 0 Å². The Morgan fingerprint density at radius 3 is 2.33 bits per heavy atom. The summed E-state index contributed by atoms with van der Waals surface area (Å²) in [6.07, 6.45) is 4.71. The van der Waals surface area contributed by atoms with E-state index in [0.29, 0.717) is 30.9 Å². The van der Waals surface area contributed by atoms with Gasteiger partial charge in [-0.1, -0.05) is 12.8 Å². The molecule has 1 aliphatic heterocycles. The topological polar surface area (TPSA) is 57.1 Å². The molecule has 1 saturated carbocycles. The third-order valence-electron chi connectivity index (χ3n) is 5.78. The highest BCUT2D eigenvalue weighted by Crippen LogP contribution is 2.45. The first-order chi connectivity index (χ1) is 14.6. The Morgan fingerprint density at radius 2 is 1.67 bits per heavy atom. The number of hydrogen-bond donors (Lipinski definition) is 0. The van der Waals surface area contributed by atoms with Gasteiger partial charge in [-0.25, -0.2) is 0 Å². The van der Waals surface area contributed by atoms with Crippen molar-refractivity contribution in [2.24, 2.45) is 4.99 Å². The van der Waals surface area contributed by atoms with Crippen LogP contribution in [0.2, 0.25) is 0 Å². The quantitative estimate of drug-likeness (QED) is 0.482. The van der Waals surface area contributed by atoms with Crippen LogP contribution >= 0.6 is 0 Å². The van der Waals surface area contributed by atoms with Gasteiger partial charge < -0.3 is 14.2 Å². The molecule has 158 valence electrons. The molecule has 5 heteroatoms. The summed E-state index contributed by atoms with van der Waals surface area (Å²) >= 11 is 0. The molecule has 0 bridgehead atoms. The summed E-state index contributed by atoms with van der Waals surface area (Å²) in [6, 6.07) is 12.2. The highest BCUT2D eigenvalue weighted by atomic mass is 16.5. The molecule has 2 aromatic carbocycles. The van der Waals surface area contributed by atoms with E-state index >= 15 is 0 Å². The lowest BCUT2D eigenvalue weighted by molar-refractivity contribution is -0.131. The zero-order valence-corrected chi connectivity index (χ0v) is 17.9. The minimum atomic E-state index is -0.321. The zero-order valence-electron chi connectivity index (χ0n) is 17.9. The second-order valence-corrected chi connectivity index (χ2v) is 7.81. The van der Waals surface area contributed by atoms with Crippen LogP contribution in [0.15, 0.2) is 41.4 Å². The molecule has 2 aromatic rings. The summed E-state index contributed by atoms with van der Waals surface area (Å²) in [4.78, 5) is 16.4. The zero-order chi connectivity index (χ0) is 21.1. The molecule has 0 radical (unpaired) electrons. The van der Waals surface area contributed by atoms with Crippen LogP contribution in [0.5, 0.6) is 17.2 Å². The molecule has 2 aliphatic rings. The Kier molecular flexibility index (Phi) is 6.07. The first-order valence-electron chi connectivity index (χ1n) is 10.9. The second-order valence-electron chi connectivity index (χ2n) is 7.81. The van der Waals surface area contributed by atoms with Crippen molar-refractivity contribution in [1.82, 2.24) is 0 Å². The van der Waals surface area contributed by atoms with Gasteiger partial charge in [0.15, 0.2) is 11.5 Å². The van der Waals surface area contributed by atoms with E-state index < -0.39 is 0 Å². The minimum absolute atomic E-state index is 0.293. The van der Waals surface area contributed by atoms with Crippen LogP contribution < -0.4 is 14.2 Å². The van der Waals surface area contributed by atoms with Crippen molar-refractivity contribution in [2.45, 2.75) is 58.4 Å². The van der Waals surface area contributed by atoms with Crippen molar-refractivity contribution in [2.75, 3.05) is 13.2 Å². The van der Waals surface area contributed by atoms with Gasteiger partial charge in [-0.15, -0.1) is 0 Å². The molecule has 0 N–H and O–H groups in total. The van der Waals surface area contributed by atoms with Crippen molar-refractivity contribution >= 4 is 11.7 Å². The fourth-order valence-corrected chi connectivity index (χ4v) is 4.56. The number of aliphatic imine (C=N–C) groups is 1. The molecule has 5 nitrogen and oxygen atoms in total. The van der Waals surface area contributed by atoms with E-state index in [1.54, 1.807) is 0 Å². The van der Waals surface area contributed by atoms with Crippen LogP contribution in [0, 0.1) is 0 Å². The van der Waals surface area contributed by atoms with Crippen LogP contribution in [-0.2, 0) is 4.79 Å². The Balaban J connectivity index is 1.80. The number of fused-ring (bicyclic) bond motifs is 3. The first-order valence-corrected chi connectivity index (χ1v) is 10.9. The molecule has 0 spiro atoms. The van der Waals surface area contributed by atoms with Crippen LogP contribution in [0.4, 0.5) is 0 Å². The van der Waals surface area contributed by atoms with Crippen LogP contribution in [0.1, 0.15) is 69.1 Å². The molecule has 0 saturated heterocycles. The van der Waals surface area contributed by atoms with E-state index in [9.17, 15) is 4.79 Å². The summed E-state index contributed by atoms with van der Waals surface area (Å²) < 4.78 is 17.0. The Morgan fingerprint density at radius 1 is 1.00 bits per heavy atom. The van der Waals surface area contributed by atoms with Crippen molar-refractivity contribution in [3.63, 3.8) is 0 Å². The van der Waals surface area contributed by atoms with Crippen LogP contribution in [-0.4, -0.2) is 30.9 Å². The monoisotopic (exact) mass is 407 g/mol. The summed E-state index contributed by atoms with van der Waals surface area (Å²) in [5, 5.41) is 0. The molecule has 1 aliphatic carbocycles. The molecule has 1 fully saturated rings. The Bertz CT molecular complexity index is 948. The molecule has 0 aromatic heterocycles. The highest BCUT2D eigenvalue weighted by Gasteiger charge is 2.34. The number of hydrogen-bond acceptors (Lipinski definition) is 5. The lowest BCUT2D eigenvalue weighted by Gasteiger charge is -2.36. The van der Waals surface area contributed by atoms with E-state index in [0.717, 1.165) is 41.2 Å². The number of benzene rings is 2. The Hall–Kier alpha value is -2.82. The number of ether oxygens (including phenoxy) is 3. The average molecular weight is 408 g/mol. The average Bonchev–Trinajstić information content (AvgIpc) is 2.74. The fraction of sp³-hybridized carbons (Fsp3) is 0.440. The predicted molar refractivity (Wildman–Crippen MR) is 117 cm³/mol. The predicted octanol–water partition coefficient (Wildman–Crippen LogP) is 5.29. The smallest absolute Gasteiger partial charge is 0.308 e. The number of rotatable bonds is 6. The molecule has 30 heavy (non-hydrogen) atoms. The van der Waals surface area contributed by atoms with E-state index in [-0.39, 0.29) is 5.97 Å². The van der Waals surface area contributed by atoms with Gasteiger partial charge in [0.25, 0.3) is 0 Å². The maximum absolute atomic E-state index is 11.2. The maximum Gasteiger partial charge on any atom is 0.308 e. The number of carbonyl (C=O) groups is 1. The molecular weight excluding hydrogens is 378 g/mol. The van der Waals surface area contributed by atoms with Crippen molar-refractivity contribution in [1.29, 1.82) is 0 Å². The fourth-order valence-electron chi connectivity index (χ4n) is 4.56. The summed E-state index contributed by atoms with van der Waals surface area (Å²) in [6.45, 7) is 6.56. The van der Waals surface area contributed by atoms with E-state index in [1.165, 1.54) is 25.3 Å². The van der Waals surface area contributed by atoms with Gasteiger partial charge in [0.2, 0.25) is 0 Å². The van der Waals surface area contributed by atoms with Gasteiger partial charge in [0.1, 0.15) is 5.75 Å². The van der Waals surface area contributed by atoms with Crippen molar-refractivity contribution in [3.05, 3.63) is 53.1 Å². The molecule has 4 rings (SSSR count). The van der Waals surface area contributed by atoms with E-state index in [1.807, 2.05) is 38.1 Å². The van der Waals surface area contributed by atoms with Gasteiger partial charge in [0, 0.05) is 24.0 Å². The normalized spacial score (nSPS) is 19.9. The lowest BCUT2D eigenvalue weighted by atomic mass is 9.75. The summed E-state index contributed by atoms with van der Waals surface area (Å²) in [5.41, 5.74) is 4.42. The minimum Gasteiger partial charge on any atom is -0.490 e. The van der Waals surface area contributed by atoms with Gasteiger partial charge in [-0.2, -0.15) is 0 Å². The lowest BCUT2D eigenvalue weighted by Crippen LogP contribution is -2.29. The van der Waals surface area contributed by atoms with Crippen molar-refractivity contribution < 1.29 is 19.0 Å². The van der Waals surface area contributed by atoms with Gasteiger partial charge in [-0.05, 0) is 68.7 Å². The molecule has 0 unspecified atom stereocenters. The molecular formula is C25H29NO4. The number of nitrogens with zero attached hydrogens (tertiary/aromatic N) is 1. The number of carbonyl (C=O) groups excluding carboxylic acids is 1. The van der Waals surface area contributed by atoms with Gasteiger partial charge in [0.05, 0.1) is 25.0 Å². The van der Waals surface area contributed by atoms with Crippen molar-refractivity contribution in [3.8, 4) is 17.2 Å². The molecule has 2 atom stereocenters. The summed E-state index contributed by atoms with van der Waals surface area (Å²) in [7, 11) is 0.